The molecule has 0 atom stereocenters. The Morgan fingerprint density at radius 1 is 0.385 bits per heavy atom. The number of hydrogen-bond acceptors (Lipinski definition) is 2. The zero-order valence-electron chi connectivity index (χ0n) is 36.1. The van der Waals surface area contributed by atoms with Crippen molar-refractivity contribution in [3.05, 3.63) is 252 Å². The standard InChI is InChI=1S/C62H42N2S/c1-61(2)49-23-9-6-20-43(49)47-37-40(31-34-50(47)61)63(41-32-35-57-48(38-41)44-21-8-13-28-55(44)64(57)39-17-4-3-5-18-39)56-36-33-45-42-19-7-10-24-51(42)62(54-27-16-22-46(56)60(45)54)52-25-11-14-29-58(52)65-59-30-15-12-26-53(59)62/h3-38H,1-2H3. The number of hydrogen-bond donors (Lipinski definition) is 0. The lowest BCUT2D eigenvalue weighted by Crippen LogP contribution is -2.36. The van der Waals surface area contributed by atoms with Crippen LogP contribution in [-0.2, 0) is 10.8 Å². The van der Waals surface area contributed by atoms with E-state index in [1.165, 1.54) is 98.0 Å². The van der Waals surface area contributed by atoms with Gasteiger partial charge in [-0.1, -0.05) is 177 Å². The van der Waals surface area contributed by atoms with Gasteiger partial charge in [-0.05, 0) is 128 Å². The van der Waals surface area contributed by atoms with Crippen LogP contribution in [0.5, 0.6) is 0 Å². The van der Waals surface area contributed by atoms with Crippen molar-refractivity contribution >= 4 is 61.4 Å². The van der Waals surface area contributed by atoms with Gasteiger partial charge < -0.3 is 9.47 Å². The van der Waals surface area contributed by atoms with Crippen molar-refractivity contribution in [1.29, 1.82) is 0 Å². The molecule has 10 aromatic carbocycles. The summed E-state index contributed by atoms with van der Waals surface area (Å²) in [6, 6.07) is 82.2. The molecular formula is C62H42N2S. The topological polar surface area (TPSA) is 8.17 Å². The molecule has 11 aromatic rings. The molecule has 0 bridgehead atoms. The Morgan fingerprint density at radius 2 is 0.954 bits per heavy atom. The van der Waals surface area contributed by atoms with E-state index < -0.39 is 5.41 Å². The zero-order chi connectivity index (χ0) is 43.0. The van der Waals surface area contributed by atoms with E-state index in [0.29, 0.717) is 0 Å². The van der Waals surface area contributed by atoms with Crippen LogP contribution in [0.2, 0.25) is 0 Å². The van der Waals surface area contributed by atoms with Crippen LogP contribution in [0, 0.1) is 0 Å². The molecule has 0 radical (unpaired) electrons. The molecule has 306 valence electrons. The molecule has 1 aromatic heterocycles. The molecule has 2 aliphatic carbocycles. The van der Waals surface area contributed by atoms with Crippen molar-refractivity contribution in [3.8, 4) is 27.9 Å². The molecule has 2 nitrogen and oxygen atoms in total. The molecule has 1 spiro atoms. The van der Waals surface area contributed by atoms with E-state index in [4.69, 9.17) is 0 Å². The second kappa shape index (κ2) is 13.5. The van der Waals surface area contributed by atoms with Crippen molar-refractivity contribution in [1.82, 2.24) is 4.57 Å². The summed E-state index contributed by atoms with van der Waals surface area (Å²) in [6.07, 6.45) is 0. The summed E-state index contributed by atoms with van der Waals surface area (Å²) < 4.78 is 2.41. The lowest BCUT2D eigenvalue weighted by molar-refractivity contribution is 0.660. The molecular weight excluding hydrogens is 805 g/mol. The minimum Gasteiger partial charge on any atom is -0.310 e. The first-order valence-corrected chi connectivity index (χ1v) is 23.5. The van der Waals surface area contributed by atoms with Crippen molar-refractivity contribution in [2.75, 3.05) is 4.90 Å². The monoisotopic (exact) mass is 846 g/mol. The van der Waals surface area contributed by atoms with E-state index in [9.17, 15) is 0 Å². The highest BCUT2D eigenvalue weighted by atomic mass is 32.2. The molecule has 65 heavy (non-hydrogen) atoms. The molecule has 0 saturated carbocycles. The fourth-order valence-corrected chi connectivity index (χ4v) is 13.3. The summed E-state index contributed by atoms with van der Waals surface area (Å²) in [6.45, 7) is 4.73. The highest BCUT2D eigenvalue weighted by molar-refractivity contribution is 7.99. The van der Waals surface area contributed by atoms with Crippen LogP contribution >= 0.6 is 11.8 Å². The van der Waals surface area contributed by atoms with Gasteiger partial charge in [-0.2, -0.15) is 0 Å². The Morgan fingerprint density at radius 3 is 1.74 bits per heavy atom. The van der Waals surface area contributed by atoms with Gasteiger partial charge in [0, 0.05) is 48.4 Å². The molecule has 3 heteroatoms. The van der Waals surface area contributed by atoms with Gasteiger partial charge in [0.15, 0.2) is 0 Å². The molecule has 0 unspecified atom stereocenters. The number of fused-ring (bicyclic) bond motifs is 14. The van der Waals surface area contributed by atoms with Gasteiger partial charge in [0.2, 0.25) is 0 Å². The van der Waals surface area contributed by atoms with Crippen molar-refractivity contribution in [2.24, 2.45) is 0 Å². The molecule has 2 heterocycles. The average Bonchev–Trinajstić information content (AvgIpc) is 3.81. The van der Waals surface area contributed by atoms with Gasteiger partial charge in [-0.25, -0.2) is 0 Å². The second-order valence-electron chi connectivity index (χ2n) is 18.4. The largest absolute Gasteiger partial charge is 0.310 e. The molecule has 0 saturated heterocycles. The van der Waals surface area contributed by atoms with Crippen LogP contribution in [0.25, 0.3) is 60.5 Å². The highest BCUT2D eigenvalue weighted by Crippen LogP contribution is 2.62. The third kappa shape index (κ3) is 4.91. The number of benzene rings is 10. The van der Waals surface area contributed by atoms with E-state index in [1.54, 1.807) is 0 Å². The third-order valence-corrected chi connectivity index (χ3v) is 16.0. The second-order valence-corrected chi connectivity index (χ2v) is 19.5. The van der Waals surface area contributed by atoms with Gasteiger partial charge >= 0.3 is 0 Å². The number of para-hydroxylation sites is 2. The van der Waals surface area contributed by atoms with Crippen LogP contribution in [0.3, 0.4) is 0 Å². The minimum absolute atomic E-state index is 0.0969. The smallest absolute Gasteiger partial charge is 0.0735 e. The Balaban J connectivity index is 1.08. The summed E-state index contributed by atoms with van der Waals surface area (Å²) in [5.41, 5.74) is 19.6. The Hall–Kier alpha value is -7.59. The van der Waals surface area contributed by atoms with Crippen LogP contribution < -0.4 is 4.90 Å². The minimum atomic E-state index is -0.508. The van der Waals surface area contributed by atoms with Crippen LogP contribution in [0.1, 0.15) is 47.2 Å². The summed E-state index contributed by atoms with van der Waals surface area (Å²) >= 11 is 1.89. The van der Waals surface area contributed by atoms with Crippen LogP contribution in [-0.4, -0.2) is 4.57 Å². The maximum Gasteiger partial charge on any atom is 0.0735 e. The van der Waals surface area contributed by atoms with Gasteiger partial charge in [0.1, 0.15) is 0 Å². The normalized spacial score (nSPS) is 14.5. The van der Waals surface area contributed by atoms with Gasteiger partial charge in [-0.3, -0.25) is 0 Å². The Kier molecular flexibility index (Phi) is 7.63. The average molecular weight is 847 g/mol. The van der Waals surface area contributed by atoms with E-state index in [0.717, 1.165) is 22.7 Å². The maximum atomic E-state index is 2.54. The summed E-state index contributed by atoms with van der Waals surface area (Å²) in [7, 11) is 0. The lowest BCUT2D eigenvalue weighted by atomic mass is 9.59. The molecule has 1 aliphatic heterocycles. The molecule has 0 amide bonds. The third-order valence-electron chi connectivity index (χ3n) is 14.8. The predicted molar refractivity (Wildman–Crippen MR) is 272 cm³/mol. The number of aromatic nitrogens is 1. The Bertz CT molecular complexity index is 3750. The van der Waals surface area contributed by atoms with E-state index in [1.807, 2.05) is 11.8 Å². The lowest BCUT2D eigenvalue weighted by Gasteiger charge is -2.46. The summed E-state index contributed by atoms with van der Waals surface area (Å²) in [4.78, 5) is 5.16. The molecule has 3 aliphatic rings. The van der Waals surface area contributed by atoms with Crippen molar-refractivity contribution < 1.29 is 0 Å². The van der Waals surface area contributed by atoms with Gasteiger partial charge in [-0.15, -0.1) is 0 Å². The van der Waals surface area contributed by atoms with Crippen LogP contribution in [0.15, 0.2) is 228 Å². The van der Waals surface area contributed by atoms with Crippen LogP contribution in [0.4, 0.5) is 17.1 Å². The van der Waals surface area contributed by atoms with Gasteiger partial charge in [0.05, 0.1) is 22.1 Å². The van der Waals surface area contributed by atoms with Crippen molar-refractivity contribution in [2.45, 2.75) is 34.5 Å². The first-order valence-electron chi connectivity index (χ1n) is 22.7. The van der Waals surface area contributed by atoms with E-state index in [-0.39, 0.29) is 5.41 Å². The SMILES string of the molecule is CC1(C)c2ccccc2-c2cc(N(c3ccc4c(c3)c3ccccc3n4-c3ccccc3)c3ccc4c5c(cccc35)C3(c5ccccc5Sc5ccccc53)c3ccccc3-4)ccc21. The van der Waals surface area contributed by atoms with Gasteiger partial charge in [0.25, 0.3) is 0 Å². The molecule has 0 fully saturated rings. The summed E-state index contributed by atoms with van der Waals surface area (Å²) in [5, 5.41) is 5.00. The number of rotatable bonds is 4. The first-order chi connectivity index (χ1) is 32.0. The summed E-state index contributed by atoms with van der Waals surface area (Å²) in [5.74, 6) is 0. The Labute approximate surface area is 383 Å². The van der Waals surface area contributed by atoms with E-state index in [2.05, 4.69) is 242 Å². The fourth-order valence-electron chi connectivity index (χ4n) is 12.1. The fraction of sp³-hybridized carbons (Fsp3) is 0.0645. The zero-order valence-corrected chi connectivity index (χ0v) is 36.9. The highest BCUT2D eigenvalue weighted by Gasteiger charge is 2.48. The van der Waals surface area contributed by atoms with Crippen molar-refractivity contribution in [3.63, 3.8) is 0 Å². The molecule has 0 N–H and O–H groups in total. The number of anilines is 3. The van der Waals surface area contributed by atoms with E-state index >= 15 is 0 Å². The first kappa shape index (κ1) is 36.8. The quantitative estimate of drug-likeness (QED) is 0.174. The number of nitrogens with zero attached hydrogens (tertiary/aromatic N) is 2. The maximum absolute atomic E-state index is 2.54. The predicted octanol–water partition coefficient (Wildman–Crippen LogP) is 16.5. The molecule has 14 rings (SSSR count).